The van der Waals surface area contributed by atoms with E-state index in [1.807, 2.05) is 34.9 Å². The first-order chi connectivity index (χ1) is 14.1. The van der Waals surface area contributed by atoms with Crippen molar-refractivity contribution in [1.82, 2.24) is 14.8 Å². The van der Waals surface area contributed by atoms with Gasteiger partial charge in [-0.3, -0.25) is 4.79 Å². The van der Waals surface area contributed by atoms with Crippen LogP contribution >= 0.6 is 11.8 Å². The summed E-state index contributed by atoms with van der Waals surface area (Å²) in [5, 5.41) is 11.9. The molecular weight excluding hydrogens is 391 g/mol. The minimum Gasteiger partial charge on any atom is -0.383 e. The highest BCUT2D eigenvalue weighted by atomic mass is 32.2. The fraction of sp³-hybridized carbons (Fsp3) is 0.286. The Balaban J connectivity index is 1.65. The Morgan fingerprint density at radius 1 is 1.21 bits per heavy atom. The molecule has 3 rings (SSSR count). The number of carbonyl (C=O) groups is 1. The summed E-state index contributed by atoms with van der Waals surface area (Å²) >= 11 is 1.29. The molecular formula is C21H23FN4O2S. The number of nitrogens with zero attached hydrogens (tertiary/aromatic N) is 3. The number of rotatable bonds is 9. The number of amides is 1. The fourth-order valence-corrected chi connectivity index (χ4v) is 3.52. The first-order valence-corrected chi connectivity index (χ1v) is 10.2. The molecule has 1 amide bonds. The van der Waals surface area contributed by atoms with Crippen LogP contribution in [-0.4, -0.2) is 40.1 Å². The number of ether oxygens (including phenoxy) is 1. The van der Waals surface area contributed by atoms with Gasteiger partial charge < -0.3 is 14.6 Å². The number of aryl methyl sites for hydroxylation is 1. The summed E-state index contributed by atoms with van der Waals surface area (Å²) in [6, 6.07) is 14.6. The van der Waals surface area contributed by atoms with E-state index in [0.29, 0.717) is 36.0 Å². The third-order valence-electron chi connectivity index (χ3n) is 4.31. The number of nitrogens with one attached hydrogen (secondary N) is 1. The Labute approximate surface area is 173 Å². The van der Waals surface area contributed by atoms with E-state index in [9.17, 15) is 9.18 Å². The average Bonchev–Trinajstić information content (AvgIpc) is 3.09. The van der Waals surface area contributed by atoms with Gasteiger partial charge in [0.2, 0.25) is 5.91 Å². The second kappa shape index (κ2) is 10.2. The second-order valence-electron chi connectivity index (χ2n) is 6.51. The maximum absolute atomic E-state index is 13.6. The van der Waals surface area contributed by atoms with Crippen molar-refractivity contribution in [2.45, 2.75) is 25.0 Å². The van der Waals surface area contributed by atoms with Crippen molar-refractivity contribution in [1.29, 1.82) is 0 Å². The topological polar surface area (TPSA) is 69.0 Å². The van der Waals surface area contributed by atoms with Gasteiger partial charge in [-0.15, -0.1) is 10.2 Å². The standard InChI is InChI=1S/C21H23FN4O2S/c1-15-8-9-17(13-18(15)22)23-20(27)14-29-21-25-24-19(26(21)10-11-28-2)12-16-6-4-3-5-7-16/h3-9,13H,10-12,14H2,1-2H3,(H,23,27). The quantitative estimate of drug-likeness (QED) is 0.541. The van der Waals surface area contributed by atoms with Gasteiger partial charge in [-0.05, 0) is 30.2 Å². The number of carbonyl (C=O) groups excluding carboxylic acids is 1. The Morgan fingerprint density at radius 2 is 2.00 bits per heavy atom. The zero-order chi connectivity index (χ0) is 20.6. The number of hydrogen-bond donors (Lipinski definition) is 1. The summed E-state index contributed by atoms with van der Waals surface area (Å²) < 4.78 is 20.8. The molecule has 0 aliphatic carbocycles. The molecule has 8 heteroatoms. The van der Waals surface area contributed by atoms with Gasteiger partial charge >= 0.3 is 0 Å². The van der Waals surface area contributed by atoms with Crippen LogP contribution in [0.1, 0.15) is 17.0 Å². The highest BCUT2D eigenvalue weighted by Gasteiger charge is 2.15. The van der Waals surface area contributed by atoms with E-state index in [4.69, 9.17) is 4.74 Å². The van der Waals surface area contributed by atoms with Gasteiger partial charge in [0.25, 0.3) is 0 Å². The van der Waals surface area contributed by atoms with Crippen LogP contribution in [0.2, 0.25) is 0 Å². The molecule has 0 aliphatic rings. The molecule has 1 N–H and O–H groups in total. The van der Waals surface area contributed by atoms with Crippen molar-refractivity contribution in [3.63, 3.8) is 0 Å². The Morgan fingerprint density at radius 3 is 2.72 bits per heavy atom. The maximum Gasteiger partial charge on any atom is 0.234 e. The summed E-state index contributed by atoms with van der Waals surface area (Å²) in [7, 11) is 1.64. The van der Waals surface area contributed by atoms with Gasteiger partial charge in [0.15, 0.2) is 5.16 Å². The Hall–Kier alpha value is -2.71. The number of thioether (sulfide) groups is 1. The van der Waals surface area contributed by atoms with Gasteiger partial charge in [0.05, 0.1) is 12.4 Å². The highest BCUT2D eigenvalue weighted by Crippen LogP contribution is 2.20. The van der Waals surface area contributed by atoms with Crippen molar-refractivity contribution < 1.29 is 13.9 Å². The number of anilines is 1. The van der Waals surface area contributed by atoms with Crippen LogP contribution in [0.3, 0.4) is 0 Å². The van der Waals surface area contributed by atoms with Crippen LogP contribution in [0.15, 0.2) is 53.7 Å². The zero-order valence-corrected chi connectivity index (χ0v) is 17.2. The first kappa shape index (κ1) is 21.0. The number of halogens is 1. The molecule has 0 radical (unpaired) electrons. The fourth-order valence-electron chi connectivity index (χ4n) is 2.74. The van der Waals surface area contributed by atoms with E-state index >= 15 is 0 Å². The van der Waals surface area contributed by atoms with E-state index in [0.717, 1.165) is 11.4 Å². The normalized spacial score (nSPS) is 10.9. The molecule has 0 spiro atoms. The molecule has 2 aromatic carbocycles. The maximum atomic E-state index is 13.6. The molecule has 152 valence electrons. The smallest absolute Gasteiger partial charge is 0.234 e. The molecule has 29 heavy (non-hydrogen) atoms. The van der Waals surface area contributed by atoms with Gasteiger partial charge in [-0.2, -0.15) is 0 Å². The van der Waals surface area contributed by atoms with E-state index in [-0.39, 0.29) is 17.5 Å². The summed E-state index contributed by atoms with van der Waals surface area (Å²) in [4.78, 5) is 12.3. The molecule has 0 fully saturated rings. The Kier molecular flexibility index (Phi) is 7.37. The van der Waals surface area contributed by atoms with E-state index in [1.165, 1.54) is 17.8 Å². The van der Waals surface area contributed by atoms with Crippen molar-refractivity contribution in [3.8, 4) is 0 Å². The predicted octanol–water partition coefficient (Wildman–Crippen LogP) is 3.69. The number of hydrogen-bond acceptors (Lipinski definition) is 5. The van der Waals surface area contributed by atoms with Crippen LogP contribution in [-0.2, 0) is 22.5 Å². The third kappa shape index (κ3) is 5.88. The van der Waals surface area contributed by atoms with Crippen LogP contribution in [0.4, 0.5) is 10.1 Å². The molecule has 0 atom stereocenters. The third-order valence-corrected chi connectivity index (χ3v) is 5.27. The summed E-state index contributed by atoms with van der Waals surface area (Å²) in [5.74, 6) is 0.382. The van der Waals surface area contributed by atoms with Crippen LogP contribution in [0.25, 0.3) is 0 Å². The molecule has 1 heterocycles. The summed E-state index contributed by atoms with van der Waals surface area (Å²) in [6.07, 6.45) is 0.646. The minimum atomic E-state index is -0.347. The van der Waals surface area contributed by atoms with Gasteiger partial charge in [-0.1, -0.05) is 48.2 Å². The van der Waals surface area contributed by atoms with Gasteiger partial charge in [-0.25, -0.2) is 4.39 Å². The monoisotopic (exact) mass is 414 g/mol. The SMILES string of the molecule is COCCn1c(Cc2ccccc2)nnc1SCC(=O)Nc1ccc(C)c(F)c1. The minimum absolute atomic E-state index is 0.145. The van der Waals surface area contributed by atoms with Crippen molar-refractivity contribution in [3.05, 3.63) is 71.3 Å². The van der Waals surface area contributed by atoms with Gasteiger partial charge in [0, 0.05) is 25.8 Å². The molecule has 3 aromatic rings. The lowest BCUT2D eigenvalue weighted by molar-refractivity contribution is -0.113. The number of methoxy groups -OCH3 is 1. The van der Waals surface area contributed by atoms with Crippen LogP contribution in [0, 0.1) is 12.7 Å². The van der Waals surface area contributed by atoms with Crippen molar-refractivity contribution in [2.75, 3.05) is 24.8 Å². The Bertz CT molecular complexity index is 963. The second-order valence-corrected chi connectivity index (χ2v) is 7.45. The van der Waals surface area contributed by atoms with Crippen LogP contribution < -0.4 is 5.32 Å². The lowest BCUT2D eigenvalue weighted by atomic mass is 10.1. The molecule has 0 bridgehead atoms. The van der Waals surface area contributed by atoms with Crippen molar-refractivity contribution >= 4 is 23.4 Å². The highest BCUT2D eigenvalue weighted by molar-refractivity contribution is 7.99. The largest absolute Gasteiger partial charge is 0.383 e. The molecule has 0 saturated carbocycles. The summed E-state index contributed by atoms with van der Waals surface area (Å²) in [5.41, 5.74) is 2.10. The van der Waals surface area contributed by atoms with Gasteiger partial charge in [0.1, 0.15) is 11.6 Å². The average molecular weight is 415 g/mol. The molecule has 0 saturated heterocycles. The lowest BCUT2D eigenvalue weighted by Gasteiger charge is -2.10. The van der Waals surface area contributed by atoms with E-state index in [1.54, 1.807) is 26.2 Å². The molecule has 0 aliphatic heterocycles. The predicted molar refractivity (Wildman–Crippen MR) is 112 cm³/mol. The number of aromatic nitrogens is 3. The molecule has 0 unspecified atom stereocenters. The first-order valence-electron chi connectivity index (χ1n) is 9.20. The zero-order valence-electron chi connectivity index (χ0n) is 16.4. The summed E-state index contributed by atoms with van der Waals surface area (Å²) in [6.45, 7) is 2.79. The number of benzene rings is 2. The van der Waals surface area contributed by atoms with Crippen LogP contribution in [0.5, 0.6) is 0 Å². The van der Waals surface area contributed by atoms with E-state index < -0.39 is 0 Å². The van der Waals surface area contributed by atoms with E-state index in [2.05, 4.69) is 15.5 Å². The lowest BCUT2D eigenvalue weighted by Crippen LogP contribution is -2.15. The van der Waals surface area contributed by atoms with Crippen molar-refractivity contribution in [2.24, 2.45) is 0 Å². The molecule has 6 nitrogen and oxygen atoms in total. The molecule has 1 aromatic heterocycles.